The van der Waals surface area contributed by atoms with Crippen LogP contribution in [0.1, 0.15) is 5.56 Å². The number of likely N-dealkylation sites (N-methyl/N-ethyl adjacent to an activating group) is 1. The van der Waals surface area contributed by atoms with E-state index in [1.165, 1.54) is 7.11 Å². The Hall–Kier alpha value is -1.10. The predicted molar refractivity (Wildman–Crippen MR) is 71.7 cm³/mol. The number of rotatable bonds is 4. The molecule has 17 heavy (non-hydrogen) atoms. The highest BCUT2D eigenvalue weighted by Gasteiger charge is 2.18. The maximum Gasteiger partial charge on any atom is 0.246 e. The maximum absolute atomic E-state index is 11.8. The zero-order valence-electron chi connectivity index (χ0n) is 10.3. The number of amides is 1. The lowest BCUT2D eigenvalue weighted by molar-refractivity contribution is -0.120. The fourth-order valence-electron chi connectivity index (χ4n) is 1.40. The minimum absolute atomic E-state index is 0. The monoisotopic (exact) mass is 258 g/mol. The molecule has 0 saturated heterocycles. The molecule has 0 fully saturated rings. The van der Waals surface area contributed by atoms with Crippen molar-refractivity contribution in [3.8, 4) is 0 Å². The third-order valence-electron chi connectivity index (χ3n) is 2.42. The molecule has 0 bridgehead atoms. The zero-order chi connectivity index (χ0) is 12.1. The van der Waals surface area contributed by atoms with Gasteiger partial charge in [0.1, 0.15) is 6.04 Å². The van der Waals surface area contributed by atoms with Crippen molar-refractivity contribution in [1.82, 2.24) is 0 Å². The van der Waals surface area contributed by atoms with Crippen LogP contribution in [0.4, 0.5) is 5.69 Å². The SMILES string of the molecule is COCC(N)C(=O)N(C)c1ccc(C)cc1.Cl. The Labute approximate surface area is 108 Å². The standard InChI is InChI=1S/C12H18N2O2.ClH/c1-9-4-6-10(7-5-9)14(2)12(15)11(13)8-16-3;/h4-7,11H,8,13H2,1-3H3;1H. The van der Waals surface area contributed by atoms with Gasteiger partial charge in [-0.1, -0.05) is 17.7 Å². The molecule has 0 aromatic heterocycles. The molecule has 0 aliphatic heterocycles. The number of halogens is 1. The molecule has 4 nitrogen and oxygen atoms in total. The third-order valence-corrected chi connectivity index (χ3v) is 2.42. The molecule has 0 aliphatic carbocycles. The Balaban J connectivity index is 0.00000256. The molecule has 1 aromatic rings. The maximum atomic E-state index is 11.8. The number of aryl methyl sites for hydroxylation is 1. The molecule has 96 valence electrons. The van der Waals surface area contributed by atoms with Crippen LogP contribution in [0.3, 0.4) is 0 Å². The molecule has 1 amide bonds. The summed E-state index contributed by atoms with van der Waals surface area (Å²) in [4.78, 5) is 13.4. The van der Waals surface area contributed by atoms with Crippen LogP contribution in [0.2, 0.25) is 0 Å². The van der Waals surface area contributed by atoms with Gasteiger partial charge in [0.15, 0.2) is 0 Å². The van der Waals surface area contributed by atoms with E-state index in [-0.39, 0.29) is 24.9 Å². The largest absolute Gasteiger partial charge is 0.383 e. The number of carbonyl (C=O) groups excluding carboxylic acids is 1. The highest BCUT2D eigenvalue weighted by Crippen LogP contribution is 2.13. The molecule has 1 aromatic carbocycles. The first-order valence-electron chi connectivity index (χ1n) is 5.15. The summed E-state index contributed by atoms with van der Waals surface area (Å²) in [6.07, 6.45) is 0. The Bertz CT molecular complexity index is 354. The summed E-state index contributed by atoms with van der Waals surface area (Å²) >= 11 is 0. The zero-order valence-corrected chi connectivity index (χ0v) is 11.2. The number of methoxy groups -OCH3 is 1. The van der Waals surface area contributed by atoms with Crippen molar-refractivity contribution >= 4 is 24.0 Å². The third kappa shape index (κ3) is 4.34. The Kier molecular flexibility index (Phi) is 6.80. The Morgan fingerprint density at radius 2 is 1.94 bits per heavy atom. The number of nitrogens with two attached hydrogens (primary N) is 1. The van der Waals surface area contributed by atoms with Gasteiger partial charge in [0.2, 0.25) is 5.91 Å². The molecule has 2 N–H and O–H groups in total. The number of nitrogens with zero attached hydrogens (tertiary/aromatic N) is 1. The first kappa shape index (κ1) is 15.9. The van der Waals surface area contributed by atoms with Gasteiger partial charge in [-0.15, -0.1) is 12.4 Å². The van der Waals surface area contributed by atoms with E-state index < -0.39 is 6.04 Å². The normalized spacial score (nSPS) is 11.5. The van der Waals surface area contributed by atoms with Crippen molar-refractivity contribution in [1.29, 1.82) is 0 Å². The van der Waals surface area contributed by atoms with Crippen molar-refractivity contribution in [3.05, 3.63) is 29.8 Å². The second-order valence-electron chi connectivity index (χ2n) is 3.79. The van der Waals surface area contributed by atoms with E-state index in [4.69, 9.17) is 10.5 Å². The van der Waals surface area contributed by atoms with Crippen LogP contribution in [0.15, 0.2) is 24.3 Å². The van der Waals surface area contributed by atoms with Gasteiger partial charge in [-0.3, -0.25) is 4.79 Å². The first-order chi connectivity index (χ1) is 7.56. The van der Waals surface area contributed by atoms with E-state index in [0.717, 1.165) is 11.3 Å². The van der Waals surface area contributed by atoms with E-state index in [2.05, 4.69) is 0 Å². The van der Waals surface area contributed by atoms with Crippen molar-refractivity contribution < 1.29 is 9.53 Å². The van der Waals surface area contributed by atoms with E-state index >= 15 is 0 Å². The fraction of sp³-hybridized carbons (Fsp3) is 0.417. The lowest BCUT2D eigenvalue weighted by atomic mass is 10.2. The minimum atomic E-state index is -0.615. The molecule has 1 rings (SSSR count). The van der Waals surface area contributed by atoms with Crippen molar-refractivity contribution in [2.45, 2.75) is 13.0 Å². The van der Waals surface area contributed by atoms with Crippen LogP contribution in [0, 0.1) is 6.92 Å². The second-order valence-corrected chi connectivity index (χ2v) is 3.79. The molecular formula is C12H19ClN2O2. The van der Waals surface area contributed by atoms with E-state index in [9.17, 15) is 4.79 Å². The predicted octanol–water partition coefficient (Wildman–Crippen LogP) is 1.35. The Morgan fingerprint density at radius 1 is 1.41 bits per heavy atom. The Morgan fingerprint density at radius 3 is 2.41 bits per heavy atom. The van der Waals surface area contributed by atoms with Crippen molar-refractivity contribution in [2.75, 3.05) is 25.7 Å². The van der Waals surface area contributed by atoms with Crippen LogP contribution in [-0.4, -0.2) is 32.7 Å². The number of ether oxygens (including phenoxy) is 1. The molecule has 1 unspecified atom stereocenters. The van der Waals surface area contributed by atoms with Crippen molar-refractivity contribution in [2.24, 2.45) is 5.73 Å². The minimum Gasteiger partial charge on any atom is -0.383 e. The topological polar surface area (TPSA) is 55.6 Å². The van der Waals surface area contributed by atoms with Crippen LogP contribution in [0.5, 0.6) is 0 Å². The first-order valence-corrected chi connectivity index (χ1v) is 5.15. The highest BCUT2D eigenvalue weighted by atomic mass is 35.5. The van der Waals surface area contributed by atoms with Gasteiger partial charge in [0, 0.05) is 19.8 Å². The van der Waals surface area contributed by atoms with Gasteiger partial charge in [0.25, 0.3) is 0 Å². The molecule has 0 spiro atoms. The fourth-order valence-corrected chi connectivity index (χ4v) is 1.40. The van der Waals surface area contributed by atoms with Crippen LogP contribution in [-0.2, 0) is 9.53 Å². The van der Waals surface area contributed by atoms with Gasteiger partial charge < -0.3 is 15.4 Å². The highest BCUT2D eigenvalue weighted by molar-refractivity contribution is 5.96. The van der Waals surface area contributed by atoms with Gasteiger partial charge in [-0.2, -0.15) is 0 Å². The average molecular weight is 259 g/mol. The number of anilines is 1. The summed E-state index contributed by atoms with van der Waals surface area (Å²) in [5, 5.41) is 0. The van der Waals surface area contributed by atoms with Gasteiger partial charge in [-0.05, 0) is 19.1 Å². The molecule has 0 radical (unpaired) electrons. The molecule has 0 heterocycles. The smallest absolute Gasteiger partial charge is 0.246 e. The van der Waals surface area contributed by atoms with Crippen LogP contribution in [0.25, 0.3) is 0 Å². The molecule has 5 heteroatoms. The van der Waals surface area contributed by atoms with Crippen LogP contribution >= 0.6 is 12.4 Å². The van der Waals surface area contributed by atoms with Crippen molar-refractivity contribution in [3.63, 3.8) is 0 Å². The quantitative estimate of drug-likeness (QED) is 0.887. The summed E-state index contributed by atoms with van der Waals surface area (Å²) < 4.78 is 4.86. The summed E-state index contributed by atoms with van der Waals surface area (Å²) in [6, 6.07) is 7.10. The van der Waals surface area contributed by atoms with E-state index in [1.807, 2.05) is 31.2 Å². The lowest BCUT2D eigenvalue weighted by Crippen LogP contribution is -2.44. The number of carbonyl (C=O) groups is 1. The number of benzene rings is 1. The molecule has 0 aliphatic rings. The van der Waals surface area contributed by atoms with E-state index in [0.29, 0.717) is 0 Å². The van der Waals surface area contributed by atoms with Gasteiger partial charge in [-0.25, -0.2) is 0 Å². The summed E-state index contributed by atoms with van der Waals surface area (Å²) in [5.74, 6) is -0.147. The summed E-state index contributed by atoms with van der Waals surface area (Å²) in [5.41, 5.74) is 7.67. The lowest BCUT2D eigenvalue weighted by Gasteiger charge is -2.21. The number of hydrogen-bond donors (Lipinski definition) is 1. The van der Waals surface area contributed by atoms with E-state index in [1.54, 1.807) is 11.9 Å². The number of hydrogen-bond acceptors (Lipinski definition) is 3. The summed E-state index contributed by atoms with van der Waals surface area (Å²) in [6.45, 7) is 2.23. The second kappa shape index (κ2) is 7.27. The molecule has 1 atom stereocenters. The average Bonchev–Trinajstić information content (AvgIpc) is 2.28. The van der Waals surface area contributed by atoms with Gasteiger partial charge in [0.05, 0.1) is 6.61 Å². The van der Waals surface area contributed by atoms with Gasteiger partial charge >= 0.3 is 0 Å². The molecule has 0 saturated carbocycles. The molecular weight excluding hydrogens is 240 g/mol. The van der Waals surface area contributed by atoms with Crippen LogP contribution < -0.4 is 10.6 Å². The summed E-state index contributed by atoms with van der Waals surface area (Å²) in [7, 11) is 3.24.